The van der Waals surface area contributed by atoms with E-state index < -0.39 is 0 Å². The van der Waals surface area contributed by atoms with Crippen LogP contribution in [-0.4, -0.2) is 53.6 Å². The van der Waals surface area contributed by atoms with Gasteiger partial charge in [-0.1, -0.05) is 24.6 Å². The molecular weight excluding hydrogens is 448 g/mol. The van der Waals surface area contributed by atoms with Crippen LogP contribution in [0.3, 0.4) is 0 Å². The first-order valence-electron chi connectivity index (χ1n) is 12.9. The van der Waals surface area contributed by atoms with Crippen molar-refractivity contribution in [2.45, 2.75) is 51.9 Å². The molecule has 1 aromatic heterocycles. The maximum absolute atomic E-state index is 12.2. The molecule has 5 rings (SSSR count). The summed E-state index contributed by atoms with van der Waals surface area (Å²) in [5.41, 5.74) is 2.07. The molecule has 182 valence electrons. The molecule has 0 spiro atoms. The van der Waals surface area contributed by atoms with Crippen LogP contribution < -0.4 is 9.64 Å². The highest BCUT2D eigenvalue weighted by Gasteiger charge is 2.43. The Bertz CT molecular complexity index is 987. The quantitative estimate of drug-likeness (QED) is 0.514. The van der Waals surface area contributed by atoms with E-state index in [-0.39, 0.29) is 5.91 Å². The number of rotatable bonds is 9. The number of aromatic nitrogens is 2. The number of carbonyl (C=O) groups is 1. The third-order valence-electron chi connectivity index (χ3n) is 7.84. The SMILES string of the molecule is CCc1cnc(N2CCC([C@H]3C[C@H]3CCOc3ccc(CC(=O)N4CCC4)c(Cl)c3)CC2)nc1. The molecule has 0 radical (unpaired) electrons. The molecule has 3 aliphatic rings. The lowest BCUT2D eigenvalue weighted by atomic mass is 9.90. The number of benzene rings is 1. The second kappa shape index (κ2) is 10.5. The third-order valence-corrected chi connectivity index (χ3v) is 8.19. The van der Waals surface area contributed by atoms with Crippen molar-refractivity contribution >= 4 is 23.5 Å². The predicted molar refractivity (Wildman–Crippen MR) is 134 cm³/mol. The lowest BCUT2D eigenvalue weighted by Gasteiger charge is -2.32. The monoisotopic (exact) mass is 482 g/mol. The maximum atomic E-state index is 12.2. The smallest absolute Gasteiger partial charge is 0.227 e. The standard InChI is InChI=1S/C27H35ClN4O2/c1-2-19-17-29-27(30-18-19)32-11-6-20(7-12-32)24-14-21(24)8-13-34-23-5-4-22(25(28)16-23)15-26(33)31-9-3-10-31/h4-5,16-18,20-21,24H,2-3,6-15H2,1H3/t21-,24-/m1/s1. The first-order chi connectivity index (χ1) is 16.6. The van der Waals surface area contributed by atoms with Crippen LogP contribution in [0.5, 0.6) is 5.75 Å². The van der Waals surface area contributed by atoms with E-state index in [9.17, 15) is 4.79 Å². The molecule has 1 saturated carbocycles. The number of halogens is 1. The molecule has 3 fully saturated rings. The molecule has 1 aromatic carbocycles. The van der Waals surface area contributed by atoms with Crippen LogP contribution >= 0.6 is 11.6 Å². The topological polar surface area (TPSA) is 58.6 Å². The number of hydrogen-bond acceptors (Lipinski definition) is 5. The van der Waals surface area contributed by atoms with Gasteiger partial charge in [0, 0.05) is 43.6 Å². The van der Waals surface area contributed by atoms with Gasteiger partial charge in [0.25, 0.3) is 0 Å². The normalized spacial score (nSPS) is 22.4. The van der Waals surface area contributed by atoms with Crippen LogP contribution in [0.1, 0.15) is 50.2 Å². The minimum atomic E-state index is 0.161. The van der Waals surface area contributed by atoms with Gasteiger partial charge in [0.1, 0.15) is 5.75 Å². The zero-order valence-corrected chi connectivity index (χ0v) is 20.8. The van der Waals surface area contributed by atoms with Crippen LogP contribution in [0.25, 0.3) is 0 Å². The Morgan fingerprint density at radius 1 is 1.15 bits per heavy atom. The molecule has 2 atom stereocenters. The van der Waals surface area contributed by atoms with Gasteiger partial charge < -0.3 is 14.5 Å². The number of likely N-dealkylation sites (tertiary alicyclic amines) is 1. The van der Waals surface area contributed by atoms with Crippen molar-refractivity contribution in [1.29, 1.82) is 0 Å². The van der Waals surface area contributed by atoms with Crippen LogP contribution in [0.15, 0.2) is 30.6 Å². The van der Waals surface area contributed by atoms with Crippen molar-refractivity contribution in [3.8, 4) is 5.75 Å². The minimum Gasteiger partial charge on any atom is -0.494 e. The first-order valence-corrected chi connectivity index (χ1v) is 13.2. The molecular formula is C27H35ClN4O2. The van der Waals surface area contributed by atoms with Gasteiger partial charge in [-0.2, -0.15) is 0 Å². The Labute approximate surface area is 207 Å². The average Bonchev–Trinajstić information content (AvgIpc) is 3.59. The zero-order valence-electron chi connectivity index (χ0n) is 20.1. The van der Waals surface area contributed by atoms with E-state index in [0.29, 0.717) is 11.4 Å². The lowest BCUT2D eigenvalue weighted by molar-refractivity contribution is -0.133. The Morgan fingerprint density at radius 2 is 1.91 bits per heavy atom. The van der Waals surface area contributed by atoms with Crippen molar-refractivity contribution in [2.75, 3.05) is 37.7 Å². The number of anilines is 1. The second-order valence-corrected chi connectivity index (χ2v) is 10.4. The number of piperidine rings is 1. The van der Waals surface area contributed by atoms with Gasteiger partial charge in [-0.3, -0.25) is 4.79 Å². The van der Waals surface area contributed by atoms with Crippen LogP contribution in [0.2, 0.25) is 5.02 Å². The van der Waals surface area contributed by atoms with Gasteiger partial charge >= 0.3 is 0 Å². The number of ether oxygens (including phenoxy) is 1. The van der Waals surface area contributed by atoms with Gasteiger partial charge in [-0.05, 0) is 79.5 Å². The maximum Gasteiger partial charge on any atom is 0.227 e. The van der Waals surface area contributed by atoms with Crippen molar-refractivity contribution in [3.05, 3.63) is 46.7 Å². The minimum absolute atomic E-state index is 0.161. The number of nitrogens with zero attached hydrogens (tertiary/aromatic N) is 4. The molecule has 2 aliphatic heterocycles. The summed E-state index contributed by atoms with van der Waals surface area (Å²) in [7, 11) is 0. The zero-order chi connectivity index (χ0) is 23.5. The molecule has 2 saturated heterocycles. The number of aryl methyl sites for hydroxylation is 1. The molecule has 34 heavy (non-hydrogen) atoms. The van der Waals surface area contributed by atoms with Gasteiger partial charge in [-0.15, -0.1) is 0 Å². The summed E-state index contributed by atoms with van der Waals surface area (Å²) in [6, 6.07) is 5.73. The fraction of sp³-hybridized carbons (Fsp3) is 0.593. The fourth-order valence-corrected chi connectivity index (χ4v) is 5.57. The number of amides is 1. The summed E-state index contributed by atoms with van der Waals surface area (Å²) < 4.78 is 6.00. The highest BCUT2D eigenvalue weighted by atomic mass is 35.5. The predicted octanol–water partition coefficient (Wildman–Crippen LogP) is 4.79. The van der Waals surface area contributed by atoms with Crippen LogP contribution in [-0.2, 0) is 17.6 Å². The van der Waals surface area contributed by atoms with E-state index >= 15 is 0 Å². The van der Waals surface area contributed by atoms with Crippen LogP contribution in [0.4, 0.5) is 5.95 Å². The second-order valence-electron chi connectivity index (χ2n) is 10.0. The van der Waals surface area contributed by atoms with Gasteiger partial charge in [0.2, 0.25) is 11.9 Å². The summed E-state index contributed by atoms with van der Waals surface area (Å²) >= 11 is 6.43. The molecule has 0 N–H and O–H groups in total. The van der Waals surface area contributed by atoms with Gasteiger partial charge in [0.05, 0.1) is 13.0 Å². The van der Waals surface area contributed by atoms with Crippen molar-refractivity contribution < 1.29 is 9.53 Å². The van der Waals surface area contributed by atoms with Crippen molar-refractivity contribution in [3.63, 3.8) is 0 Å². The molecule has 3 heterocycles. The van der Waals surface area contributed by atoms with E-state index in [0.717, 1.165) is 87.1 Å². The lowest BCUT2D eigenvalue weighted by Crippen LogP contribution is -2.42. The highest BCUT2D eigenvalue weighted by molar-refractivity contribution is 6.31. The number of hydrogen-bond donors (Lipinski definition) is 0. The fourth-order valence-electron chi connectivity index (χ4n) is 5.33. The molecule has 0 bridgehead atoms. The largest absolute Gasteiger partial charge is 0.494 e. The van der Waals surface area contributed by atoms with Gasteiger partial charge in [-0.25, -0.2) is 9.97 Å². The molecule has 1 amide bonds. The van der Waals surface area contributed by atoms with Gasteiger partial charge in [0.15, 0.2) is 0 Å². The van der Waals surface area contributed by atoms with E-state index in [1.807, 2.05) is 35.5 Å². The summed E-state index contributed by atoms with van der Waals surface area (Å²) in [6.07, 6.45) is 11.3. The van der Waals surface area contributed by atoms with E-state index in [4.69, 9.17) is 16.3 Å². The summed E-state index contributed by atoms with van der Waals surface area (Å²) in [5.74, 6) is 4.27. The Hall–Kier alpha value is -2.34. The van der Waals surface area contributed by atoms with Crippen LogP contribution in [0, 0.1) is 17.8 Å². The third kappa shape index (κ3) is 5.48. The molecule has 0 unspecified atom stereocenters. The van der Waals surface area contributed by atoms with Crippen molar-refractivity contribution in [1.82, 2.24) is 14.9 Å². The summed E-state index contributed by atoms with van der Waals surface area (Å²) in [6.45, 7) is 6.72. The molecule has 2 aromatic rings. The molecule has 6 nitrogen and oxygen atoms in total. The molecule has 7 heteroatoms. The van der Waals surface area contributed by atoms with E-state index in [1.54, 1.807) is 0 Å². The Kier molecular flexibility index (Phi) is 7.23. The number of carbonyl (C=O) groups excluding carboxylic acids is 1. The highest BCUT2D eigenvalue weighted by Crippen LogP contribution is 2.49. The average molecular weight is 483 g/mol. The van der Waals surface area contributed by atoms with E-state index in [2.05, 4.69) is 21.8 Å². The van der Waals surface area contributed by atoms with Crippen molar-refractivity contribution in [2.24, 2.45) is 17.8 Å². The van der Waals surface area contributed by atoms with E-state index in [1.165, 1.54) is 24.8 Å². The summed E-state index contributed by atoms with van der Waals surface area (Å²) in [4.78, 5) is 25.5. The molecule has 1 aliphatic carbocycles. The first kappa shape index (κ1) is 23.4. The Balaban J connectivity index is 1.02. The Morgan fingerprint density at radius 3 is 2.56 bits per heavy atom. The summed E-state index contributed by atoms with van der Waals surface area (Å²) in [5, 5.41) is 0.621.